The second kappa shape index (κ2) is 4.99. The highest BCUT2D eigenvalue weighted by molar-refractivity contribution is 7.80. The van der Waals surface area contributed by atoms with E-state index in [0.29, 0.717) is 10.8 Å². The number of hydrogen-bond donors (Lipinski definition) is 2. The van der Waals surface area contributed by atoms with Crippen LogP contribution in [-0.2, 0) is 0 Å². The summed E-state index contributed by atoms with van der Waals surface area (Å²) in [7, 11) is 0. The predicted molar refractivity (Wildman–Crippen MR) is 54.5 cm³/mol. The van der Waals surface area contributed by atoms with Gasteiger partial charge in [-0.3, -0.25) is 0 Å². The minimum atomic E-state index is -0.567. The van der Waals surface area contributed by atoms with Crippen molar-refractivity contribution in [3.63, 3.8) is 0 Å². The highest BCUT2D eigenvalue weighted by atomic mass is 35.5. The summed E-state index contributed by atoms with van der Waals surface area (Å²) in [6, 6.07) is 6.74. The first-order valence-corrected chi connectivity index (χ1v) is 4.56. The topological polar surface area (TPSA) is 38.3 Å². The second-order valence-electron chi connectivity index (χ2n) is 2.15. The van der Waals surface area contributed by atoms with E-state index >= 15 is 0 Å². The Balaban J connectivity index is 2.63. The standard InChI is InChI=1S/C8H8ClNO2S/c9-6-3-1-2-4-7(6)12-8(11)10-5-13/h1-4,13H,5H2,(H,10,11). The van der Waals surface area contributed by atoms with Crippen molar-refractivity contribution >= 4 is 30.3 Å². The number of nitrogens with one attached hydrogen (secondary N) is 1. The average Bonchev–Trinajstić information content (AvgIpc) is 2.09. The summed E-state index contributed by atoms with van der Waals surface area (Å²) >= 11 is 9.55. The Morgan fingerprint density at radius 1 is 1.54 bits per heavy atom. The lowest BCUT2D eigenvalue weighted by Gasteiger charge is -2.05. The van der Waals surface area contributed by atoms with E-state index in [4.69, 9.17) is 16.3 Å². The van der Waals surface area contributed by atoms with E-state index in [1.807, 2.05) is 0 Å². The monoisotopic (exact) mass is 217 g/mol. The summed E-state index contributed by atoms with van der Waals surface area (Å²) in [4.78, 5) is 10.9. The number of hydrogen-bond acceptors (Lipinski definition) is 3. The molecule has 0 aromatic heterocycles. The van der Waals surface area contributed by atoms with Gasteiger partial charge in [-0.15, -0.1) is 0 Å². The third kappa shape index (κ3) is 3.16. The van der Waals surface area contributed by atoms with Crippen LogP contribution in [0.1, 0.15) is 0 Å². The summed E-state index contributed by atoms with van der Waals surface area (Å²) in [6.45, 7) is 0. The van der Waals surface area contributed by atoms with Crippen LogP contribution in [-0.4, -0.2) is 12.0 Å². The Labute approximate surface area is 86.4 Å². The lowest BCUT2D eigenvalue weighted by molar-refractivity contribution is 0.202. The van der Waals surface area contributed by atoms with Crippen molar-refractivity contribution in [1.82, 2.24) is 5.32 Å². The van der Waals surface area contributed by atoms with Crippen molar-refractivity contribution in [3.05, 3.63) is 29.3 Å². The Kier molecular flexibility index (Phi) is 3.92. The minimum Gasteiger partial charge on any atom is -0.409 e. The molecule has 0 unspecified atom stereocenters. The summed E-state index contributed by atoms with van der Waals surface area (Å²) in [5.41, 5.74) is 0. The molecule has 0 saturated heterocycles. The van der Waals surface area contributed by atoms with Gasteiger partial charge in [-0.1, -0.05) is 23.7 Å². The van der Waals surface area contributed by atoms with Gasteiger partial charge in [0, 0.05) is 0 Å². The Bertz CT molecular complexity index is 306. The molecule has 3 nitrogen and oxygen atoms in total. The predicted octanol–water partition coefficient (Wildman–Crippen LogP) is 2.32. The molecule has 5 heteroatoms. The zero-order valence-electron chi connectivity index (χ0n) is 6.66. The first-order valence-electron chi connectivity index (χ1n) is 3.55. The van der Waals surface area contributed by atoms with Gasteiger partial charge in [0.25, 0.3) is 0 Å². The van der Waals surface area contributed by atoms with Crippen LogP contribution in [0.2, 0.25) is 5.02 Å². The number of halogens is 1. The lowest BCUT2D eigenvalue weighted by Crippen LogP contribution is -2.25. The molecule has 0 spiro atoms. The summed E-state index contributed by atoms with van der Waals surface area (Å²) in [5.74, 6) is 0.562. The van der Waals surface area contributed by atoms with Gasteiger partial charge < -0.3 is 10.1 Å². The van der Waals surface area contributed by atoms with Crippen molar-refractivity contribution in [2.75, 3.05) is 5.88 Å². The molecule has 13 heavy (non-hydrogen) atoms. The number of carbonyl (C=O) groups is 1. The SMILES string of the molecule is O=C(NCS)Oc1ccccc1Cl. The van der Waals surface area contributed by atoms with E-state index in [9.17, 15) is 4.79 Å². The number of amides is 1. The average molecular weight is 218 g/mol. The van der Waals surface area contributed by atoms with Crippen molar-refractivity contribution < 1.29 is 9.53 Å². The molecule has 0 aliphatic rings. The number of ether oxygens (including phenoxy) is 1. The van der Waals surface area contributed by atoms with Gasteiger partial charge >= 0.3 is 6.09 Å². The molecule has 1 aromatic carbocycles. The van der Waals surface area contributed by atoms with E-state index in [1.54, 1.807) is 24.3 Å². The Hall–Kier alpha value is -0.870. The van der Waals surface area contributed by atoms with Crippen LogP contribution < -0.4 is 10.1 Å². The van der Waals surface area contributed by atoms with Gasteiger partial charge in [0.2, 0.25) is 0 Å². The van der Waals surface area contributed by atoms with Crippen molar-refractivity contribution in [1.29, 1.82) is 0 Å². The molecule has 70 valence electrons. The van der Waals surface area contributed by atoms with Gasteiger partial charge in [0.15, 0.2) is 5.75 Å². The van der Waals surface area contributed by atoms with Gasteiger partial charge in [-0.05, 0) is 12.1 Å². The van der Waals surface area contributed by atoms with Crippen LogP contribution in [0.3, 0.4) is 0 Å². The second-order valence-corrected chi connectivity index (χ2v) is 2.88. The lowest BCUT2D eigenvalue weighted by atomic mass is 10.3. The maximum atomic E-state index is 10.9. The molecule has 0 saturated carbocycles. The number of thiol groups is 1. The molecule has 0 aliphatic heterocycles. The number of para-hydroxylation sites is 1. The molecule has 1 rings (SSSR count). The number of carbonyl (C=O) groups excluding carboxylic acids is 1. The normalized spacial score (nSPS) is 9.38. The molecule has 0 radical (unpaired) electrons. The van der Waals surface area contributed by atoms with E-state index in [2.05, 4.69) is 17.9 Å². The molecule has 1 N–H and O–H groups in total. The zero-order valence-corrected chi connectivity index (χ0v) is 8.31. The van der Waals surface area contributed by atoms with Crippen molar-refractivity contribution in [2.24, 2.45) is 0 Å². The van der Waals surface area contributed by atoms with Gasteiger partial charge in [-0.2, -0.15) is 12.6 Å². The van der Waals surface area contributed by atoms with E-state index in [-0.39, 0.29) is 5.88 Å². The summed E-state index contributed by atoms with van der Waals surface area (Å²) in [6.07, 6.45) is -0.567. The highest BCUT2D eigenvalue weighted by Gasteiger charge is 2.05. The van der Waals surface area contributed by atoms with Crippen LogP contribution in [0, 0.1) is 0 Å². The molecule has 0 aliphatic carbocycles. The molecular formula is C8H8ClNO2S. The fourth-order valence-corrected chi connectivity index (χ4v) is 1.03. The van der Waals surface area contributed by atoms with Crippen molar-refractivity contribution in [3.8, 4) is 5.75 Å². The first-order chi connectivity index (χ1) is 6.24. The fraction of sp³-hybridized carbons (Fsp3) is 0.125. The quantitative estimate of drug-likeness (QED) is 0.590. The van der Waals surface area contributed by atoms with Gasteiger partial charge in [-0.25, -0.2) is 4.79 Å². The Morgan fingerprint density at radius 3 is 2.85 bits per heavy atom. The van der Waals surface area contributed by atoms with Gasteiger partial charge in [0.1, 0.15) is 0 Å². The molecule has 1 aromatic rings. The molecule has 0 fully saturated rings. The molecule has 1 amide bonds. The summed E-state index contributed by atoms with van der Waals surface area (Å²) < 4.78 is 4.85. The Morgan fingerprint density at radius 2 is 2.23 bits per heavy atom. The first kappa shape index (κ1) is 10.2. The van der Waals surface area contributed by atoms with Crippen LogP contribution >= 0.6 is 24.2 Å². The van der Waals surface area contributed by atoms with Gasteiger partial charge in [0.05, 0.1) is 10.9 Å². The van der Waals surface area contributed by atoms with Crippen molar-refractivity contribution in [2.45, 2.75) is 0 Å². The van der Waals surface area contributed by atoms with Crippen LogP contribution in [0.5, 0.6) is 5.75 Å². The maximum absolute atomic E-state index is 10.9. The molecular weight excluding hydrogens is 210 g/mol. The smallest absolute Gasteiger partial charge is 0.409 e. The van der Waals surface area contributed by atoms with Crippen LogP contribution in [0.15, 0.2) is 24.3 Å². The largest absolute Gasteiger partial charge is 0.413 e. The number of rotatable bonds is 2. The third-order valence-corrected chi connectivity index (χ3v) is 1.73. The number of benzene rings is 1. The fourth-order valence-electron chi connectivity index (χ4n) is 0.728. The van der Waals surface area contributed by atoms with E-state index in [1.165, 1.54) is 0 Å². The van der Waals surface area contributed by atoms with E-state index in [0.717, 1.165) is 0 Å². The van der Waals surface area contributed by atoms with Crippen LogP contribution in [0.4, 0.5) is 4.79 Å². The van der Waals surface area contributed by atoms with E-state index < -0.39 is 6.09 Å². The zero-order chi connectivity index (χ0) is 9.68. The maximum Gasteiger partial charge on any atom is 0.413 e. The summed E-state index contributed by atoms with van der Waals surface area (Å²) in [5, 5.41) is 2.77. The molecule has 0 bridgehead atoms. The molecule has 0 atom stereocenters. The third-order valence-electron chi connectivity index (χ3n) is 1.26. The molecule has 0 heterocycles. The minimum absolute atomic E-state index is 0.225. The highest BCUT2D eigenvalue weighted by Crippen LogP contribution is 2.22. The van der Waals surface area contributed by atoms with Crippen LogP contribution in [0.25, 0.3) is 0 Å².